The van der Waals surface area contributed by atoms with Crippen molar-refractivity contribution >= 4 is 17.7 Å². The van der Waals surface area contributed by atoms with Crippen LogP contribution in [0.15, 0.2) is 47.3 Å². The lowest BCUT2D eigenvalue weighted by atomic mass is 9.97. The maximum absolute atomic E-state index is 13.1. The van der Waals surface area contributed by atoms with Gasteiger partial charge in [0.2, 0.25) is 0 Å². The Balaban J connectivity index is 0.947. The molecule has 4 atom stereocenters. The number of aliphatic hydroxyl groups excluding tert-OH is 1. The summed E-state index contributed by atoms with van der Waals surface area (Å²) in [7, 11) is 0. The number of β-amino-alcohol motifs (C(OH)–C–C–N with tert-alkyl or cyclic N) is 1. The van der Waals surface area contributed by atoms with Crippen LogP contribution in [0.1, 0.15) is 92.2 Å². The van der Waals surface area contributed by atoms with Crippen LogP contribution >= 0.6 is 0 Å². The SMILES string of the molecule is Cc1ncoc1COc1ccc2c(c1)CCN(C[C@@H](O)CCC(=O)c1ccnc(NC3C[C@H]4CC[C@@H](C3)N4C(=O)OC(C)(C)C)c1)C2. The number of carbonyl (C=O) groups excluding carboxylic acids is 2. The van der Waals surface area contributed by atoms with Gasteiger partial charge < -0.3 is 29.2 Å². The van der Waals surface area contributed by atoms with Crippen molar-refractivity contribution < 1.29 is 28.6 Å². The number of ether oxygens (including phenoxy) is 2. The maximum Gasteiger partial charge on any atom is 0.410 e. The zero-order chi connectivity index (χ0) is 33.1. The Bertz CT molecular complexity index is 1550. The molecule has 11 heteroatoms. The first-order valence-electron chi connectivity index (χ1n) is 16.8. The number of benzene rings is 1. The van der Waals surface area contributed by atoms with Crippen molar-refractivity contribution in [1.29, 1.82) is 0 Å². The summed E-state index contributed by atoms with van der Waals surface area (Å²) in [6.07, 6.45) is 7.38. The van der Waals surface area contributed by atoms with E-state index in [1.54, 1.807) is 12.3 Å². The minimum absolute atomic E-state index is 0.00800. The Morgan fingerprint density at radius 2 is 1.89 bits per heavy atom. The van der Waals surface area contributed by atoms with Crippen molar-refractivity contribution in [3.05, 3.63) is 71.1 Å². The molecule has 1 amide bonds. The average Bonchev–Trinajstić information content (AvgIpc) is 3.57. The second-order valence-corrected chi connectivity index (χ2v) is 14.2. The van der Waals surface area contributed by atoms with Crippen molar-refractivity contribution in [3.8, 4) is 5.75 Å². The molecule has 2 N–H and O–H groups in total. The molecule has 252 valence electrons. The van der Waals surface area contributed by atoms with Crippen LogP contribution in [0.3, 0.4) is 0 Å². The van der Waals surface area contributed by atoms with Gasteiger partial charge in [0.25, 0.3) is 0 Å². The molecule has 3 aliphatic rings. The fourth-order valence-corrected chi connectivity index (χ4v) is 7.08. The highest BCUT2D eigenvalue weighted by molar-refractivity contribution is 5.96. The van der Waals surface area contributed by atoms with E-state index in [4.69, 9.17) is 13.9 Å². The van der Waals surface area contributed by atoms with E-state index >= 15 is 0 Å². The van der Waals surface area contributed by atoms with Crippen LogP contribution in [0.4, 0.5) is 10.6 Å². The number of nitrogens with zero attached hydrogens (tertiary/aromatic N) is 4. The van der Waals surface area contributed by atoms with Gasteiger partial charge in [-0.1, -0.05) is 6.07 Å². The second kappa shape index (κ2) is 14.0. The highest BCUT2D eigenvalue weighted by Crippen LogP contribution is 2.38. The van der Waals surface area contributed by atoms with Gasteiger partial charge in [-0.05, 0) is 102 Å². The molecule has 2 aromatic heterocycles. The minimum Gasteiger partial charge on any atom is -0.486 e. The molecular weight excluding hydrogens is 598 g/mol. The minimum atomic E-state index is -0.599. The van der Waals surface area contributed by atoms with Crippen LogP contribution in [0.25, 0.3) is 0 Å². The number of rotatable bonds is 11. The summed E-state index contributed by atoms with van der Waals surface area (Å²) in [5, 5.41) is 14.4. The van der Waals surface area contributed by atoms with Gasteiger partial charge in [0.05, 0.1) is 11.8 Å². The Kier molecular flexibility index (Phi) is 9.84. The number of fused-ring (bicyclic) bond motifs is 3. The number of piperidine rings is 1. The number of hydrogen-bond acceptors (Lipinski definition) is 10. The first-order chi connectivity index (χ1) is 22.5. The number of oxazole rings is 1. The van der Waals surface area contributed by atoms with Crippen LogP contribution in [0, 0.1) is 6.92 Å². The fourth-order valence-electron chi connectivity index (χ4n) is 7.08. The Morgan fingerprint density at radius 3 is 2.62 bits per heavy atom. The van der Waals surface area contributed by atoms with E-state index in [9.17, 15) is 14.7 Å². The number of nitrogens with one attached hydrogen (secondary N) is 1. The first kappa shape index (κ1) is 33.0. The number of amides is 1. The van der Waals surface area contributed by atoms with Crippen molar-refractivity contribution in [1.82, 2.24) is 19.8 Å². The molecule has 2 fully saturated rings. The molecule has 3 aromatic rings. The molecule has 6 rings (SSSR count). The molecule has 0 radical (unpaired) electrons. The number of ketones is 1. The standard InChI is InChI=1S/C36H47N5O6/c1-23-33(46-22-38-23)21-45-31-9-5-26-19-40(14-12-24(26)15-31)20-30(42)8-10-32(43)25-11-13-37-34(16-25)39-27-17-28-6-7-29(18-27)41(28)35(44)47-36(2,3)4/h5,9,11,13,15-16,22,27-30,42H,6-8,10,12,14,17-21H2,1-4H3,(H,37,39)/t27?,28-,29+,30-/m0/s1. The van der Waals surface area contributed by atoms with Crippen molar-refractivity contribution in [3.63, 3.8) is 0 Å². The third kappa shape index (κ3) is 8.31. The van der Waals surface area contributed by atoms with Crippen LogP contribution in [-0.4, -0.2) is 79.7 Å². The molecule has 2 bridgehead atoms. The van der Waals surface area contributed by atoms with Gasteiger partial charge in [0.1, 0.15) is 23.8 Å². The van der Waals surface area contributed by atoms with Crippen molar-refractivity contribution in [2.75, 3.05) is 18.4 Å². The van der Waals surface area contributed by atoms with E-state index in [1.165, 1.54) is 17.5 Å². The molecule has 11 nitrogen and oxygen atoms in total. The van der Waals surface area contributed by atoms with E-state index in [1.807, 2.05) is 44.7 Å². The summed E-state index contributed by atoms with van der Waals surface area (Å²) in [6, 6.07) is 10.2. The average molecular weight is 646 g/mol. The topological polar surface area (TPSA) is 130 Å². The number of aromatic nitrogens is 2. The molecule has 2 saturated heterocycles. The zero-order valence-electron chi connectivity index (χ0n) is 27.9. The summed E-state index contributed by atoms with van der Waals surface area (Å²) >= 11 is 0. The Morgan fingerprint density at radius 1 is 1.11 bits per heavy atom. The normalized spacial score (nSPS) is 21.6. The number of anilines is 1. The predicted molar refractivity (Wildman–Crippen MR) is 176 cm³/mol. The van der Waals surface area contributed by atoms with Gasteiger partial charge >= 0.3 is 6.09 Å². The highest BCUT2D eigenvalue weighted by atomic mass is 16.6. The number of pyridine rings is 1. The van der Waals surface area contributed by atoms with Gasteiger partial charge in [-0.2, -0.15) is 0 Å². The fraction of sp³-hybridized carbons (Fsp3) is 0.556. The van der Waals surface area contributed by atoms with Crippen LogP contribution < -0.4 is 10.1 Å². The highest BCUT2D eigenvalue weighted by Gasteiger charge is 2.45. The van der Waals surface area contributed by atoms with Crippen molar-refractivity contribution in [2.45, 2.75) is 116 Å². The Hall–Kier alpha value is -3.96. The molecule has 1 unspecified atom stereocenters. The second-order valence-electron chi connectivity index (χ2n) is 14.2. The van der Waals surface area contributed by atoms with Crippen LogP contribution in [-0.2, 0) is 24.3 Å². The Labute approximate surface area is 276 Å². The summed E-state index contributed by atoms with van der Waals surface area (Å²) < 4.78 is 16.9. The summed E-state index contributed by atoms with van der Waals surface area (Å²) in [5.74, 6) is 2.19. The third-order valence-electron chi connectivity index (χ3n) is 9.43. The number of carbonyl (C=O) groups is 2. The molecule has 1 aromatic carbocycles. The van der Waals surface area contributed by atoms with E-state index in [0.29, 0.717) is 31.0 Å². The number of aliphatic hydroxyl groups is 1. The predicted octanol–water partition coefficient (Wildman–Crippen LogP) is 5.68. The summed E-state index contributed by atoms with van der Waals surface area (Å²) in [5.41, 5.74) is 3.38. The number of Topliss-reactive ketones (excluding diaryl/α,β-unsaturated/α-hetero) is 1. The zero-order valence-corrected chi connectivity index (χ0v) is 27.9. The van der Waals surface area contributed by atoms with Gasteiger partial charge in [-0.3, -0.25) is 9.69 Å². The first-order valence-corrected chi connectivity index (χ1v) is 16.8. The molecule has 0 spiro atoms. The number of aryl methyl sites for hydroxylation is 1. The third-order valence-corrected chi connectivity index (χ3v) is 9.43. The number of hydrogen-bond donors (Lipinski definition) is 2. The molecule has 3 aliphatic heterocycles. The summed E-state index contributed by atoms with van der Waals surface area (Å²) in [6.45, 7) is 10.0. The van der Waals surface area contributed by atoms with Gasteiger partial charge in [-0.15, -0.1) is 0 Å². The molecule has 0 aliphatic carbocycles. The maximum atomic E-state index is 13.1. The lowest BCUT2D eigenvalue weighted by Gasteiger charge is -2.39. The van der Waals surface area contributed by atoms with Gasteiger partial charge in [-0.25, -0.2) is 14.8 Å². The van der Waals surface area contributed by atoms with Crippen molar-refractivity contribution in [2.24, 2.45) is 0 Å². The largest absolute Gasteiger partial charge is 0.486 e. The van der Waals surface area contributed by atoms with Crippen LogP contribution in [0.5, 0.6) is 5.75 Å². The van der Waals surface area contributed by atoms with E-state index in [0.717, 1.165) is 62.4 Å². The van der Waals surface area contributed by atoms with Gasteiger partial charge in [0.15, 0.2) is 17.9 Å². The van der Waals surface area contributed by atoms with E-state index in [2.05, 4.69) is 32.3 Å². The van der Waals surface area contributed by atoms with E-state index in [-0.39, 0.29) is 36.4 Å². The van der Waals surface area contributed by atoms with Gasteiger partial charge in [0, 0.05) is 55.9 Å². The molecule has 47 heavy (non-hydrogen) atoms. The lowest BCUT2D eigenvalue weighted by molar-refractivity contribution is 0.00681. The lowest BCUT2D eigenvalue weighted by Crippen LogP contribution is -2.51. The molecular formula is C36H47N5O6. The van der Waals surface area contributed by atoms with E-state index < -0.39 is 11.7 Å². The van der Waals surface area contributed by atoms with Crippen LogP contribution in [0.2, 0.25) is 0 Å². The molecule has 5 heterocycles. The summed E-state index contributed by atoms with van der Waals surface area (Å²) in [4.78, 5) is 38.7. The monoisotopic (exact) mass is 645 g/mol. The smallest absolute Gasteiger partial charge is 0.410 e. The quantitative estimate of drug-likeness (QED) is 0.251. The molecule has 0 saturated carbocycles.